The first-order chi connectivity index (χ1) is 6.59. The van der Waals surface area contributed by atoms with E-state index in [1.165, 1.54) is 0 Å². The molecule has 1 atom stereocenters. The van der Waals surface area contributed by atoms with Crippen molar-refractivity contribution in [3.63, 3.8) is 0 Å². The van der Waals surface area contributed by atoms with Gasteiger partial charge in [0.1, 0.15) is 9.52 Å². The average molecular weight is 214 g/mol. The van der Waals surface area contributed by atoms with Gasteiger partial charge >= 0.3 is 5.97 Å². The largest absolute Gasteiger partial charge is 0.435 e. The lowest BCUT2D eigenvalue weighted by atomic mass is 10.2. The molecule has 0 saturated carbocycles. The normalized spacial score (nSPS) is 27.9. The van der Waals surface area contributed by atoms with Crippen LogP contribution in [0.15, 0.2) is 12.2 Å². The third-order valence-corrected chi connectivity index (χ3v) is 4.26. The van der Waals surface area contributed by atoms with Crippen molar-refractivity contribution in [1.29, 1.82) is 0 Å². The molecule has 80 valence electrons. The Hall–Kier alpha value is -0.613. The van der Waals surface area contributed by atoms with Crippen molar-refractivity contribution in [3.05, 3.63) is 12.2 Å². The van der Waals surface area contributed by atoms with Crippen molar-refractivity contribution < 1.29 is 14.3 Å². The Morgan fingerprint density at radius 2 is 2.29 bits per heavy atom. The molecule has 1 aliphatic rings. The molecule has 0 aliphatic carbocycles. The Morgan fingerprint density at radius 1 is 1.57 bits per heavy atom. The van der Waals surface area contributed by atoms with E-state index in [0.717, 1.165) is 19.3 Å². The van der Waals surface area contributed by atoms with Gasteiger partial charge in [-0.1, -0.05) is 13.1 Å². The number of hydrogen-bond donors (Lipinski definition) is 0. The SMILES string of the molecule is C=C(C)C(=O)OC1([SiH2]C)CCCCO1. The molecule has 0 N–H and O–H groups in total. The van der Waals surface area contributed by atoms with Crippen LogP contribution in [0.1, 0.15) is 26.2 Å². The van der Waals surface area contributed by atoms with E-state index in [9.17, 15) is 4.79 Å². The van der Waals surface area contributed by atoms with Crippen LogP contribution in [0.3, 0.4) is 0 Å². The van der Waals surface area contributed by atoms with Crippen molar-refractivity contribution in [2.75, 3.05) is 6.61 Å². The molecule has 0 amide bonds. The first-order valence-electron chi connectivity index (χ1n) is 5.12. The van der Waals surface area contributed by atoms with Crippen LogP contribution in [-0.4, -0.2) is 27.5 Å². The molecule has 14 heavy (non-hydrogen) atoms. The zero-order valence-corrected chi connectivity index (χ0v) is 10.4. The van der Waals surface area contributed by atoms with Crippen molar-refractivity contribution in [2.45, 2.75) is 38.1 Å². The molecule has 0 spiro atoms. The summed E-state index contributed by atoms with van der Waals surface area (Å²) in [6, 6.07) is 0. The molecule has 0 aromatic carbocycles. The number of carbonyl (C=O) groups excluding carboxylic acids is 1. The number of esters is 1. The maximum Gasteiger partial charge on any atom is 0.335 e. The van der Waals surface area contributed by atoms with Gasteiger partial charge in [-0.25, -0.2) is 4.79 Å². The Labute approximate surface area is 87.3 Å². The summed E-state index contributed by atoms with van der Waals surface area (Å²) in [7, 11) is -0.520. The van der Waals surface area contributed by atoms with Crippen LogP contribution in [0.25, 0.3) is 0 Å². The van der Waals surface area contributed by atoms with E-state index in [1.807, 2.05) is 0 Å². The summed E-state index contributed by atoms with van der Waals surface area (Å²) < 4.78 is 11.0. The lowest BCUT2D eigenvalue weighted by molar-refractivity contribution is -0.203. The van der Waals surface area contributed by atoms with Crippen LogP contribution >= 0.6 is 0 Å². The second-order valence-corrected chi connectivity index (χ2v) is 5.52. The molecule has 1 saturated heterocycles. The van der Waals surface area contributed by atoms with E-state index in [0.29, 0.717) is 12.2 Å². The number of ether oxygens (including phenoxy) is 2. The highest BCUT2D eigenvalue weighted by atomic mass is 28.2. The van der Waals surface area contributed by atoms with Gasteiger partial charge in [-0.2, -0.15) is 0 Å². The molecule has 1 aliphatic heterocycles. The summed E-state index contributed by atoms with van der Waals surface area (Å²) in [6.07, 6.45) is 3.01. The van der Waals surface area contributed by atoms with Crippen molar-refractivity contribution in [3.8, 4) is 0 Å². The number of carbonyl (C=O) groups is 1. The van der Waals surface area contributed by atoms with Crippen LogP contribution < -0.4 is 0 Å². The molecular weight excluding hydrogens is 196 g/mol. The maximum absolute atomic E-state index is 11.4. The monoisotopic (exact) mass is 214 g/mol. The zero-order valence-electron chi connectivity index (χ0n) is 8.97. The van der Waals surface area contributed by atoms with Crippen molar-refractivity contribution in [2.24, 2.45) is 0 Å². The van der Waals surface area contributed by atoms with E-state index in [2.05, 4.69) is 13.1 Å². The Kier molecular flexibility index (Phi) is 3.89. The smallest absolute Gasteiger partial charge is 0.335 e. The minimum atomic E-state index is -0.547. The summed E-state index contributed by atoms with van der Waals surface area (Å²) in [5.41, 5.74) is -0.102. The summed E-state index contributed by atoms with van der Waals surface area (Å²) >= 11 is 0. The minimum Gasteiger partial charge on any atom is -0.435 e. The fraction of sp³-hybridized carbons (Fsp3) is 0.700. The van der Waals surface area contributed by atoms with Crippen LogP contribution in [0.5, 0.6) is 0 Å². The van der Waals surface area contributed by atoms with Gasteiger partial charge in [-0.15, -0.1) is 0 Å². The Balaban J connectivity index is 2.60. The van der Waals surface area contributed by atoms with Gasteiger partial charge in [0.25, 0.3) is 0 Å². The first-order valence-corrected chi connectivity index (χ1v) is 7.24. The van der Waals surface area contributed by atoms with Gasteiger partial charge in [0.2, 0.25) is 0 Å². The first kappa shape index (κ1) is 11.5. The zero-order chi connectivity index (χ0) is 10.6. The lowest BCUT2D eigenvalue weighted by Gasteiger charge is -2.35. The summed E-state index contributed by atoms with van der Waals surface area (Å²) in [5.74, 6) is -0.318. The van der Waals surface area contributed by atoms with Gasteiger partial charge < -0.3 is 9.47 Å². The van der Waals surface area contributed by atoms with Crippen LogP contribution in [-0.2, 0) is 14.3 Å². The summed E-state index contributed by atoms with van der Waals surface area (Å²) in [6.45, 7) is 8.05. The van der Waals surface area contributed by atoms with Crippen LogP contribution in [0.2, 0.25) is 6.55 Å². The van der Waals surface area contributed by atoms with Gasteiger partial charge in [0, 0.05) is 12.0 Å². The molecule has 0 bridgehead atoms. The maximum atomic E-state index is 11.4. The Bertz CT molecular complexity index is 232. The molecule has 0 aromatic rings. The van der Waals surface area contributed by atoms with Crippen molar-refractivity contribution >= 4 is 15.5 Å². The highest BCUT2D eigenvalue weighted by Gasteiger charge is 2.35. The molecule has 3 nitrogen and oxygen atoms in total. The van der Waals surface area contributed by atoms with Crippen molar-refractivity contribution in [1.82, 2.24) is 0 Å². The van der Waals surface area contributed by atoms with Crippen LogP contribution in [0.4, 0.5) is 0 Å². The molecule has 4 heteroatoms. The minimum absolute atomic E-state index is 0.318. The van der Waals surface area contributed by atoms with Crippen LogP contribution in [0, 0.1) is 0 Å². The second kappa shape index (κ2) is 4.75. The predicted octanol–water partition coefficient (Wildman–Crippen LogP) is 1.18. The number of rotatable bonds is 3. The third kappa shape index (κ3) is 2.69. The third-order valence-electron chi connectivity index (χ3n) is 2.48. The Morgan fingerprint density at radius 3 is 2.71 bits per heavy atom. The fourth-order valence-electron chi connectivity index (χ4n) is 1.51. The van der Waals surface area contributed by atoms with E-state index in [1.54, 1.807) is 6.92 Å². The summed E-state index contributed by atoms with van der Waals surface area (Å²) in [5, 5.41) is 0. The second-order valence-electron chi connectivity index (χ2n) is 3.74. The van der Waals surface area contributed by atoms with Gasteiger partial charge in [-0.05, 0) is 19.8 Å². The van der Waals surface area contributed by atoms with Gasteiger partial charge in [0.15, 0.2) is 5.41 Å². The molecule has 1 unspecified atom stereocenters. The standard InChI is InChI=1S/C10H18O3Si/c1-8(2)9(11)13-10(14-3)6-4-5-7-12-10/h1,4-7,14H2,2-3H3. The summed E-state index contributed by atoms with van der Waals surface area (Å²) in [4.78, 5) is 11.4. The van der Waals surface area contributed by atoms with E-state index >= 15 is 0 Å². The topological polar surface area (TPSA) is 35.5 Å². The van der Waals surface area contributed by atoms with E-state index < -0.39 is 14.9 Å². The lowest BCUT2D eigenvalue weighted by Crippen LogP contribution is -2.45. The highest BCUT2D eigenvalue weighted by Crippen LogP contribution is 2.26. The van der Waals surface area contributed by atoms with Gasteiger partial charge in [0.05, 0.1) is 6.61 Å². The van der Waals surface area contributed by atoms with E-state index in [-0.39, 0.29) is 5.97 Å². The quantitative estimate of drug-likeness (QED) is 0.402. The molecule has 1 heterocycles. The molecule has 1 fully saturated rings. The van der Waals surface area contributed by atoms with E-state index in [4.69, 9.17) is 9.47 Å². The number of hydrogen-bond acceptors (Lipinski definition) is 3. The predicted molar refractivity (Wildman–Crippen MR) is 57.8 cm³/mol. The molecule has 0 radical (unpaired) electrons. The fourth-order valence-corrected chi connectivity index (χ4v) is 2.74. The molecule has 0 aromatic heterocycles. The highest BCUT2D eigenvalue weighted by molar-refractivity contribution is 6.37. The van der Waals surface area contributed by atoms with Gasteiger partial charge in [-0.3, -0.25) is 0 Å². The average Bonchev–Trinajstić information content (AvgIpc) is 2.19. The molecule has 1 rings (SSSR count). The molecular formula is C10H18O3Si.